The third-order valence-electron chi connectivity index (χ3n) is 5.83. The summed E-state index contributed by atoms with van der Waals surface area (Å²) >= 11 is 0. The van der Waals surface area contributed by atoms with Crippen LogP contribution in [-0.4, -0.2) is 81.5 Å². The quantitative estimate of drug-likeness (QED) is 0.137. The second kappa shape index (κ2) is 18.2. The first-order valence-electron chi connectivity index (χ1n) is 12.0. The molecule has 0 radical (unpaired) electrons. The van der Waals surface area contributed by atoms with Crippen molar-refractivity contribution in [2.45, 2.75) is 103 Å². The first-order valence-corrected chi connectivity index (χ1v) is 12.0. The molecule has 2 unspecified atom stereocenters. The van der Waals surface area contributed by atoms with Crippen molar-refractivity contribution >= 4 is 11.8 Å². The minimum Gasteiger partial charge on any atom is -0.394 e. The number of carbonyl (C=O) groups is 2. The Balaban J connectivity index is 3.91. The van der Waals surface area contributed by atoms with Gasteiger partial charge in [-0.25, -0.2) is 0 Å². The molecule has 0 aliphatic rings. The molecule has 0 heterocycles. The summed E-state index contributed by atoms with van der Waals surface area (Å²) < 4.78 is 0. The van der Waals surface area contributed by atoms with E-state index in [1.807, 2.05) is 0 Å². The summed E-state index contributed by atoms with van der Waals surface area (Å²) in [5, 5.41) is 51.9. The molecule has 6 atom stereocenters. The zero-order chi connectivity index (χ0) is 24.5. The van der Waals surface area contributed by atoms with Crippen LogP contribution < -0.4 is 10.6 Å². The van der Waals surface area contributed by atoms with Gasteiger partial charge in [0.2, 0.25) is 5.91 Å². The standard InChI is InChI=1S/C23H46N2O7/c1-4-5-6-8-16(2)9-7-10-17(3)11-12-19(28)24-13-14-25-23(32)22(31)21(30)20(29)18(27)15-26/h16-18,20-22,26-27,29-31H,4-15H2,1-3H3,(H,24,28)(H,25,32)/t16?,17?,18-,20-,21+,22-/m1/s1. The van der Waals surface area contributed by atoms with E-state index in [1.54, 1.807) is 0 Å². The highest BCUT2D eigenvalue weighted by Crippen LogP contribution is 2.20. The van der Waals surface area contributed by atoms with E-state index < -0.39 is 36.9 Å². The normalized spacial score (nSPS) is 17.1. The third-order valence-corrected chi connectivity index (χ3v) is 5.83. The molecule has 7 N–H and O–H groups in total. The Kier molecular flexibility index (Phi) is 17.5. The molecule has 0 bridgehead atoms. The molecule has 0 rings (SSSR count). The molecule has 9 heteroatoms. The van der Waals surface area contributed by atoms with E-state index in [0.29, 0.717) is 12.3 Å². The Hall–Kier alpha value is -1.26. The minimum absolute atomic E-state index is 0.0402. The second-order valence-electron chi connectivity index (χ2n) is 8.99. The average Bonchev–Trinajstić information content (AvgIpc) is 2.78. The van der Waals surface area contributed by atoms with Gasteiger partial charge in [-0.15, -0.1) is 0 Å². The Morgan fingerprint density at radius 1 is 0.781 bits per heavy atom. The van der Waals surface area contributed by atoms with Gasteiger partial charge in [0.15, 0.2) is 6.10 Å². The summed E-state index contributed by atoms with van der Waals surface area (Å²) in [6, 6.07) is 0. The Morgan fingerprint density at radius 3 is 1.94 bits per heavy atom. The van der Waals surface area contributed by atoms with Crippen LogP contribution in [0, 0.1) is 11.8 Å². The number of rotatable bonds is 19. The maximum Gasteiger partial charge on any atom is 0.251 e. The molecule has 0 aromatic carbocycles. The van der Waals surface area contributed by atoms with E-state index in [-0.39, 0.29) is 19.0 Å². The molecular weight excluding hydrogens is 416 g/mol. The summed E-state index contributed by atoms with van der Waals surface area (Å²) in [6.07, 6.45) is 2.43. The highest BCUT2D eigenvalue weighted by atomic mass is 16.4. The summed E-state index contributed by atoms with van der Waals surface area (Å²) in [5.74, 6) is 0.171. The van der Waals surface area contributed by atoms with Crippen LogP contribution in [0.15, 0.2) is 0 Å². The van der Waals surface area contributed by atoms with Crippen LogP contribution in [-0.2, 0) is 9.59 Å². The fourth-order valence-electron chi connectivity index (χ4n) is 3.48. The number of nitrogens with one attached hydrogen (secondary N) is 2. The van der Waals surface area contributed by atoms with E-state index >= 15 is 0 Å². The van der Waals surface area contributed by atoms with Gasteiger partial charge in [-0.3, -0.25) is 9.59 Å². The molecule has 32 heavy (non-hydrogen) atoms. The predicted octanol–water partition coefficient (Wildman–Crippen LogP) is 0.458. The van der Waals surface area contributed by atoms with Crippen LogP contribution >= 0.6 is 0 Å². The fourth-order valence-corrected chi connectivity index (χ4v) is 3.48. The van der Waals surface area contributed by atoms with Gasteiger partial charge in [-0.05, 0) is 18.3 Å². The van der Waals surface area contributed by atoms with Crippen molar-refractivity contribution in [1.82, 2.24) is 10.6 Å². The van der Waals surface area contributed by atoms with Gasteiger partial charge in [0.05, 0.1) is 6.61 Å². The van der Waals surface area contributed by atoms with Gasteiger partial charge in [0, 0.05) is 19.5 Å². The molecule has 9 nitrogen and oxygen atoms in total. The van der Waals surface area contributed by atoms with Crippen LogP contribution in [0.2, 0.25) is 0 Å². The average molecular weight is 463 g/mol. The molecule has 2 amide bonds. The van der Waals surface area contributed by atoms with Crippen LogP contribution in [0.4, 0.5) is 0 Å². The lowest BCUT2D eigenvalue weighted by Crippen LogP contribution is -2.52. The van der Waals surface area contributed by atoms with Crippen LogP contribution in [0.25, 0.3) is 0 Å². The fraction of sp³-hybridized carbons (Fsp3) is 0.913. The number of aliphatic hydroxyl groups excluding tert-OH is 5. The highest BCUT2D eigenvalue weighted by molar-refractivity contribution is 5.81. The molecule has 0 saturated heterocycles. The molecule has 0 aromatic heterocycles. The monoisotopic (exact) mass is 462 g/mol. The predicted molar refractivity (Wildman–Crippen MR) is 123 cm³/mol. The SMILES string of the molecule is CCCCCC(C)CCCC(C)CCC(=O)NCCNC(=O)[C@H](O)[C@@H](O)[C@H](O)[C@H](O)CO. The molecule has 0 saturated carbocycles. The van der Waals surface area contributed by atoms with Crippen molar-refractivity contribution in [2.24, 2.45) is 11.8 Å². The minimum atomic E-state index is -1.97. The molecule has 0 fully saturated rings. The van der Waals surface area contributed by atoms with Crippen molar-refractivity contribution in [3.05, 3.63) is 0 Å². The lowest BCUT2D eigenvalue weighted by atomic mass is 9.93. The van der Waals surface area contributed by atoms with E-state index in [0.717, 1.165) is 18.8 Å². The number of amides is 2. The second-order valence-corrected chi connectivity index (χ2v) is 8.99. The zero-order valence-electron chi connectivity index (χ0n) is 20.0. The van der Waals surface area contributed by atoms with E-state index in [4.69, 9.17) is 5.11 Å². The summed E-state index contributed by atoms with van der Waals surface area (Å²) in [5.41, 5.74) is 0. The Labute approximate surface area is 192 Å². The van der Waals surface area contributed by atoms with Crippen molar-refractivity contribution in [2.75, 3.05) is 19.7 Å². The number of hydrogen-bond donors (Lipinski definition) is 7. The molecule has 0 aliphatic carbocycles. The third kappa shape index (κ3) is 14.0. The Bertz CT molecular complexity index is 507. The molecule has 0 aliphatic heterocycles. The lowest BCUT2D eigenvalue weighted by molar-refractivity contribution is -0.148. The van der Waals surface area contributed by atoms with Gasteiger partial charge >= 0.3 is 0 Å². The van der Waals surface area contributed by atoms with Crippen LogP contribution in [0.1, 0.15) is 78.6 Å². The maximum atomic E-state index is 12.0. The molecule has 0 spiro atoms. The van der Waals surface area contributed by atoms with E-state index in [9.17, 15) is 30.0 Å². The maximum absolute atomic E-state index is 12.0. The number of unbranched alkanes of at least 4 members (excludes halogenated alkanes) is 2. The van der Waals surface area contributed by atoms with E-state index in [2.05, 4.69) is 31.4 Å². The van der Waals surface area contributed by atoms with Gasteiger partial charge in [0.1, 0.15) is 18.3 Å². The van der Waals surface area contributed by atoms with Gasteiger partial charge in [-0.2, -0.15) is 0 Å². The van der Waals surface area contributed by atoms with Gasteiger partial charge in [0.25, 0.3) is 5.91 Å². The summed E-state index contributed by atoms with van der Waals surface area (Å²) in [6.45, 7) is 6.07. The highest BCUT2D eigenvalue weighted by Gasteiger charge is 2.33. The van der Waals surface area contributed by atoms with Gasteiger partial charge in [-0.1, -0.05) is 65.7 Å². The number of aliphatic hydroxyl groups is 5. The van der Waals surface area contributed by atoms with Crippen molar-refractivity contribution < 1.29 is 35.1 Å². The largest absolute Gasteiger partial charge is 0.394 e. The topological polar surface area (TPSA) is 159 Å². The van der Waals surface area contributed by atoms with Crippen molar-refractivity contribution in [1.29, 1.82) is 0 Å². The first kappa shape index (κ1) is 30.7. The zero-order valence-corrected chi connectivity index (χ0v) is 20.0. The molecule has 0 aromatic rings. The smallest absolute Gasteiger partial charge is 0.251 e. The number of hydrogen-bond acceptors (Lipinski definition) is 7. The number of carbonyl (C=O) groups excluding carboxylic acids is 2. The van der Waals surface area contributed by atoms with Crippen molar-refractivity contribution in [3.8, 4) is 0 Å². The summed E-state index contributed by atoms with van der Waals surface area (Å²) in [4.78, 5) is 23.8. The van der Waals surface area contributed by atoms with Gasteiger partial charge < -0.3 is 36.2 Å². The first-order chi connectivity index (χ1) is 15.1. The lowest BCUT2D eigenvalue weighted by Gasteiger charge is -2.24. The van der Waals surface area contributed by atoms with Crippen molar-refractivity contribution in [3.63, 3.8) is 0 Å². The summed E-state index contributed by atoms with van der Waals surface area (Å²) in [7, 11) is 0. The van der Waals surface area contributed by atoms with Crippen LogP contribution in [0.5, 0.6) is 0 Å². The Morgan fingerprint density at radius 2 is 1.34 bits per heavy atom. The van der Waals surface area contributed by atoms with E-state index in [1.165, 1.54) is 38.5 Å². The molecular formula is C23H46N2O7. The molecule has 190 valence electrons. The van der Waals surface area contributed by atoms with Crippen LogP contribution in [0.3, 0.4) is 0 Å².